The molecule has 79 heavy (non-hydrogen) atoms. The smallest absolute Gasteiger partial charge is 0.326 e. The number of phenolic OH excluding ortho intramolecular Hbond substituents is 1. The third kappa shape index (κ3) is 23.6. The van der Waals surface area contributed by atoms with Crippen molar-refractivity contribution in [1.82, 2.24) is 42.5 Å². The number of aliphatic hydroxyl groups excluding tert-OH is 1. The lowest BCUT2D eigenvalue weighted by atomic mass is 9.94. The maximum absolute atomic E-state index is 14.5. The van der Waals surface area contributed by atoms with E-state index in [1.807, 2.05) is 13.8 Å². The molecule has 24 heteroatoms. The first-order valence-electron chi connectivity index (χ1n) is 26.9. The molecule has 0 heterocycles. The Bertz CT molecular complexity index is 2330. The minimum Gasteiger partial charge on any atom is -0.508 e. The Labute approximate surface area is 467 Å². The Kier molecular flexibility index (Phi) is 30.2. The summed E-state index contributed by atoms with van der Waals surface area (Å²) in [5.74, 6) is -9.88. The zero-order valence-corrected chi connectivity index (χ0v) is 47.8. The number of hydrogen-bond donors (Lipinski definition) is 13. The van der Waals surface area contributed by atoms with E-state index in [-0.39, 0.29) is 30.9 Å². The van der Waals surface area contributed by atoms with Crippen LogP contribution in [0.2, 0.25) is 0 Å². The van der Waals surface area contributed by atoms with Gasteiger partial charge in [0.05, 0.1) is 12.6 Å². The SMILES string of the molecule is CC[C@H](C)[C@H](NC(=O)[C@H](Cc1ccc(O)cc1)NC(=O)[C@@H](N)CC(C)C)C(=O)N[C@@H](CO)C(=O)N[C@@H](CCC(N)=O)C(=O)N[C@@H](Cc1ccccc1)C(=O)N[C@H](C(=O)N[C@H](C(=O)N[C@@H](CCSC)C(=O)O)[C@@H](C)CC)[C@@H](C)CC. The molecule has 0 bridgehead atoms. The summed E-state index contributed by atoms with van der Waals surface area (Å²) in [5.41, 5.74) is 12.8. The van der Waals surface area contributed by atoms with E-state index in [1.54, 1.807) is 90.3 Å². The lowest BCUT2D eigenvalue weighted by molar-refractivity contribution is -0.142. The third-order valence-corrected chi connectivity index (χ3v) is 14.4. The van der Waals surface area contributed by atoms with Gasteiger partial charge in [0.25, 0.3) is 0 Å². The van der Waals surface area contributed by atoms with Crippen LogP contribution < -0.4 is 54.0 Å². The molecule has 0 unspecified atom stereocenters. The van der Waals surface area contributed by atoms with E-state index in [1.165, 1.54) is 23.9 Å². The highest BCUT2D eigenvalue weighted by Crippen LogP contribution is 2.17. The third-order valence-electron chi connectivity index (χ3n) is 13.7. The van der Waals surface area contributed by atoms with Gasteiger partial charge in [-0.25, -0.2) is 4.79 Å². The van der Waals surface area contributed by atoms with Gasteiger partial charge in [-0.15, -0.1) is 0 Å². The monoisotopic (exact) mass is 1130 g/mol. The average Bonchev–Trinajstić information content (AvgIpc) is 3.41. The minimum atomic E-state index is -1.74. The summed E-state index contributed by atoms with van der Waals surface area (Å²) >= 11 is 1.41. The molecule has 440 valence electrons. The van der Waals surface area contributed by atoms with Crippen molar-refractivity contribution >= 4 is 70.9 Å². The van der Waals surface area contributed by atoms with Crippen LogP contribution in [0.5, 0.6) is 5.75 Å². The number of carboxylic acids is 1. The van der Waals surface area contributed by atoms with E-state index >= 15 is 0 Å². The van der Waals surface area contributed by atoms with Gasteiger partial charge in [-0.05, 0) is 78.2 Å². The van der Waals surface area contributed by atoms with E-state index in [0.29, 0.717) is 42.6 Å². The topological polar surface area (TPSA) is 380 Å². The second-order valence-electron chi connectivity index (χ2n) is 20.5. The molecule has 2 aromatic carbocycles. The second kappa shape index (κ2) is 35.0. The summed E-state index contributed by atoms with van der Waals surface area (Å²) in [5, 5.41) is 51.0. The van der Waals surface area contributed by atoms with Gasteiger partial charge in [-0.2, -0.15) is 11.8 Å². The Morgan fingerprint density at radius 3 is 1.34 bits per heavy atom. The van der Waals surface area contributed by atoms with E-state index in [0.717, 1.165) is 0 Å². The molecular formula is C55H86N10O13S. The molecule has 15 N–H and O–H groups in total. The zero-order valence-electron chi connectivity index (χ0n) is 47.0. The molecule has 0 spiro atoms. The van der Waals surface area contributed by atoms with E-state index in [9.17, 15) is 63.3 Å². The summed E-state index contributed by atoms with van der Waals surface area (Å²) in [6, 6.07) is 2.43. The second-order valence-corrected chi connectivity index (χ2v) is 21.5. The predicted octanol–water partition coefficient (Wildman–Crippen LogP) is 0.663. The molecular weight excluding hydrogens is 1040 g/mol. The van der Waals surface area contributed by atoms with Gasteiger partial charge >= 0.3 is 5.97 Å². The average molecular weight is 1130 g/mol. The molecule has 0 saturated carbocycles. The quantitative estimate of drug-likeness (QED) is 0.0446. The number of phenols is 1. The largest absolute Gasteiger partial charge is 0.508 e. The van der Waals surface area contributed by atoms with Crippen LogP contribution in [0, 0.1) is 23.7 Å². The van der Waals surface area contributed by atoms with Crippen molar-refractivity contribution in [3.63, 3.8) is 0 Å². The fourth-order valence-electron chi connectivity index (χ4n) is 8.20. The van der Waals surface area contributed by atoms with Crippen LogP contribution in [-0.2, 0) is 60.8 Å². The molecule has 2 aromatic rings. The number of hydrogen-bond acceptors (Lipinski definition) is 14. The number of carbonyl (C=O) groups excluding carboxylic acids is 9. The van der Waals surface area contributed by atoms with Crippen LogP contribution in [0.15, 0.2) is 54.6 Å². The van der Waals surface area contributed by atoms with Crippen LogP contribution in [-0.4, -0.2) is 147 Å². The van der Waals surface area contributed by atoms with Gasteiger partial charge in [0.2, 0.25) is 53.2 Å². The van der Waals surface area contributed by atoms with Crippen LogP contribution in [0.4, 0.5) is 0 Å². The molecule has 2 rings (SSSR count). The normalized spacial score (nSPS) is 15.8. The fraction of sp³-hybridized carbons (Fsp3) is 0.600. The summed E-state index contributed by atoms with van der Waals surface area (Å²) in [6.07, 6.45) is 2.33. The Balaban J connectivity index is 2.47. The lowest BCUT2D eigenvalue weighted by Gasteiger charge is -2.31. The molecule has 23 nitrogen and oxygen atoms in total. The standard InChI is InChI=1S/C55H86N10O13S/c1-10-31(6)44(63-49(71)40(28-35-18-20-36(67)21-19-35)60-47(69)37(56)26-30(4)5)53(75)62-42(29-66)51(73)58-38(22-23-43(57)68)48(70)61-41(27-34-16-14-13-15-17-34)50(72)64-46(33(8)12-3)54(76)65-45(32(7)11-2)52(74)59-39(55(77)78)24-25-79-9/h13-21,30-33,37-42,44-46,66-67H,10-12,22-29,56H2,1-9H3,(H2,57,68)(H,58,73)(H,59,74)(H,60,69)(H,61,70)(H,62,75)(H,63,71)(H,64,72)(H,65,76)(H,77,78)/t31-,32-,33-,37-,38-,39-,40-,41-,42-,44-,45-,46-/m0/s1. The first-order valence-corrected chi connectivity index (χ1v) is 28.3. The maximum Gasteiger partial charge on any atom is 0.326 e. The van der Waals surface area contributed by atoms with Crippen molar-refractivity contribution in [2.45, 2.75) is 168 Å². The van der Waals surface area contributed by atoms with Crippen molar-refractivity contribution in [3.05, 3.63) is 65.7 Å². The van der Waals surface area contributed by atoms with Gasteiger partial charge in [-0.1, -0.05) is 117 Å². The van der Waals surface area contributed by atoms with Gasteiger partial charge < -0.3 is 69.3 Å². The number of carbonyl (C=O) groups is 10. The fourth-order valence-corrected chi connectivity index (χ4v) is 8.67. The Morgan fingerprint density at radius 1 is 0.519 bits per heavy atom. The predicted molar refractivity (Wildman–Crippen MR) is 299 cm³/mol. The van der Waals surface area contributed by atoms with E-state index < -0.39 is 151 Å². The molecule has 0 aliphatic rings. The number of rotatable bonds is 36. The van der Waals surface area contributed by atoms with Gasteiger partial charge in [0.15, 0.2) is 0 Å². The number of nitrogens with one attached hydrogen (secondary N) is 8. The molecule has 0 saturated heterocycles. The summed E-state index contributed by atoms with van der Waals surface area (Å²) in [4.78, 5) is 136. The summed E-state index contributed by atoms with van der Waals surface area (Å²) in [6.45, 7) is 13.1. The van der Waals surface area contributed by atoms with Crippen molar-refractivity contribution in [3.8, 4) is 5.75 Å². The molecule has 12 atom stereocenters. The van der Waals surface area contributed by atoms with Crippen LogP contribution in [0.25, 0.3) is 0 Å². The molecule has 0 radical (unpaired) electrons. The van der Waals surface area contributed by atoms with Gasteiger partial charge in [-0.3, -0.25) is 43.2 Å². The van der Waals surface area contributed by atoms with Crippen LogP contribution >= 0.6 is 11.8 Å². The Hall–Kier alpha value is -6.79. The zero-order chi connectivity index (χ0) is 59.5. The van der Waals surface area contributed by atoms with Crippen molar-refractivity contribution in [2.75, 3.05) is 18.6 Å². The highest BCUT2D eigenvalue weighted by molar-refractivity contribution is 7.98. The number of primary amides is 1. The molecule has 0 aliphatic carbocycles. The summed E-state index contributed by atoms with van der Waals surface area (Å²) in [7, 11) is 0. The Morgan fingerprint density at radius 2 is 0.911 bits per heavy atom. The number of amides is 9. The number of nitrogens with two attached hydrogens (primary N) is 2. The van der Waals surface area contributed by atoms with Crippen LogP contribution in [0.3, 0.4) is 0 Å². The lowest BCUT2D eigenvalue weighted by Crippen LogP contribution is -2.62. The molecule has 9 amide bonds. The van der Waals surface area contributed by atoms with Crippen LogP contribution in [0.1, 0.15) is 111 Å². The number of aromatic hydroxyl groups is 1. The first-order chi connectivity index (χ1) is 37.3. The van der Waals surface area contributed by atoms with E-state index in [2.05, 4.69) is 42.5 Å². The maximum atomic E-state index is 14.5. The minimum absolute atomic E-state index is 0.0259. The number of benzene rings is 2. The molecule has 0 aromatic heterocycles. The number of carboxylic acid groups (broad SMARTS) is 1. The van der Waals surface area contributed by atoms with Gasteiger partial charge in [0, 0.05) is 19.3 Å². The van der Waals surface area contributed by atoms with Gasteiger partial charge in [0.1, 0.15) is 54.1 Å². The van der Waals surface area contributed by atoms with Crippen molar-refractivity contribution in [2.24, 2.45) is 35.1 Å². The highest BCUT2D eigenvalue weighted by Gasteiger charge is 2.38. The number of aliphatic carboxylic acids is 1. The van der Waals surface area contributed by atoms with E-state index in [4.69, 9.17) is 11.5 Å². The number of thioether (sulfide) groups is 1. The first kappa shape index (κ1) is 68.3. The summed E-state index contributed by atoms with van der Waals surface area (Å²) < 4.78 is 0. The van der Waals surface area contributed by atoms with Crippen molar-refractivity contribution < 1.29 is 63.3 Å². The van der Waals surface area contributed by atoms with Crippen molar-refractivity contribution in [1.29, 1.82) is 0 Å². The number of aliphatic hydroxyl groups is 1. The molecule has 0 aliphatic heterocycles. The molecule has 0 fully saturated rings. The highest BCUT2D eigenvalue weighted by atomic mass is 32.2.